The Kier molecular flexibility index (Phi) is 5.33. The van der Waals surface area contributed by atoms with Crippen LogP contribution in [0.5, 0.6) is 0 Å². The molecule has 2 aromatic rings. The topological polar surface area (TPSA) is 45.2 Å². The number of carbonyl (C=O) groups excluding carboxylic acids is 1. The van der Waals surface area contributed by atoms with E-state index in [4.69, 9.17) is 0 Å². The molecule has 21 heavy (non-hydrogen) atoms. The summed E-state index contributed by atoms with van der Waals surface area (Å²) in [5, 5.41) is 5.95. The van der Waals surface area contributed by atoms with Crippen LogP contribution in [0, 0.1) is 0 Å². The first-order valence-corrected chi connectivity index (χ1v) is 7.93. The molecule has 0 saturated heterocycles. The van der Waals surface area contributed by atoms with E-state index in [9.17, 15) is 4.79 Å². The maximum Gasteiger partial charge on any atom is 0.224 e. The number of benzene rings is 1. The van der Waals surface area contributed by atoms with Gasteiger partial charge in [0.25, 0.3) is 0 Å². The zero-order valence-corrected chi connectivity index (χ0v) is 13.5. The Hall–Kier alpha value is -1.88. The average Bonchev–Trinajstić information content (AvgIpc) is 2.99. The van der Waals surface area contributed by atoms with E-state index in [1.165, 1.54) is 0 Å². The maximum atomic E-state index is 12.2. The molecule has 1 amide bonds. The predicted octanol–water partition coefficient (Wildman–Crippen LogP) is 3.02. The molecule has 0 aliphatic carbocycles. The minimum atomic E-state index is 0.0125. The first-order chi connectivity index (χ1) is 10.1. The molecule has 1 N–H and O–H groups in total. The van der Waals surface area contributed by atoms with Crippen molar-refractivity contribution < 1.29 is 4.79 Å². The van der Waals surface area contributed by atoms with Crippen LogP contribution >= 0.6 is 11.3 Å². The fourth-order valence-electron chi connectivity index (χ4n) is 2.09. The van der Waals surface area contributed by atoms with Gasteiger partial charge in [-0.15, -0.1) is 11.3 Å². The number of aromatic nitrogens is 1. The van der Waals surface area contributed by atoms with Crippen molar-refractivity contribution in [3.05, 3.63) is 46.4 Å². The first kappa shape index (κ1) is 15.5. The minimum Gasteiger partial charge on any atom is -0.378 e. The zero-order chi connectivity index (χ0) is 15.2. The predicted molar refractivity (Wildman–Crippen MR) is 87.8 cm³/mol. The van der Waals surface area contributed by atoms with Crippen molar-refractivity contribution in [1.29, 1.82) is 0 Å². The van der Waals surface area contributed by atoms with E-state index in [0.717, 1.165) is 22.7 Å². The second-order valence-electron chi connectivity index (χ2n) is 5.14. The smallest absolute Gasteiger partial charge is 0.224 e. The number of carbonyl (C=O) groups is 1. The Balaban J connectivity index is 1.94. The average molecular weight is 303 g/mol. The van der Waals surface area contributed by atoms with Gasteiger partial charge in [-0.05, 0) is 24.1 Å². The quantitative estimate of drug-likeness (QED) is 0.892. The molecular weight excluding hydrogens is 282 g/mol. The molecule has 2 rings (SSSR count). The fourth-order valence-corrected chi connectivity index (χ4v) is 2.86. The number of nitrogens with one attached hydrogen (secondary N) is 1. The Bertz CT molecular complexity index is 564. The van der Waals surface area contributed by atoms with E-state index >= 15 is 0 Å². The molecule has 5 heteroatoms. The highest BCUT2D eigenvalue weighted by Gasteiger charge is 2.15. The van der Waals surface area contributed by atoms with Crippen LogP contribution in [-0.2, 0) is 11.2 Å². The van der Waals surface area contributed by atoms with Gasteiger partial charge >= 0.3 is 0 Å². The number of hydrogen-bond donors (Lipinski definition) is 1. The highest BCUT2D eigenvalue weighted by molar-refractivity contribution is 7.09. The molecule has 112 valence electrons. The van der Waals surface area contributed by atoms with E-state index in [0.29, 0.717) is 6.42 Å². The van der Waals surface area contributed by atoms with Crippen molar-refractivity contribution in [1.82, 2.24) is 10.3 Å². The molecule has 1 aromatic heterocycles. The number of rotatable bonds is 6. The van der Waals surface area contributed by atoms with Crippen LogP contribution in [0.4, 0.5) is 5.69 Å². The van der Waals surface area contributed by atoms with Crippen LogP contribution in [0.2, 0.25) is 0 Å². The summed E-state index contributed by atoms with van der Waals surface area (Å²) in [5.41, 5.74) is 2.15. The summed E-state index contributed by atoms with van der Waals surface area (Å²) >= 11 is 1.58. The van der Waals surface area contributed by atoms with Crippen molar-refractivity contribution in [3.8, 4) is 0 Å². The number of thiazole rings is 1. The van der Waals surface area contributed by atoms with Crippen molar-refractivity contribution in [3.63, 3.8) is 0 Å². The zero-order valence-electron chi connectivity index (χ0n) is 12.7. The lowest BCUT2D eigenvalue weighted by molar-refractivity contribution is -0.121. The van der Waals surface area contributed by atoms with Crippen LogP contribution in [0.3, 0.4) is 0 Å². The number of amides is 1. The molecule has 4 nitrogen and oxygen atoms in total. The Morgan fingerprint density at radius 3 is 2.57 bits per heavy atom. The van der Waals surface area contributed by atoms with Crippen LogP contribution < -0.4 is 10.2 Å². The SMILES string of the molecule is CC[C@@H](NC(=O)Cc1ccc(N(C)C)cc1)c1nccs1. The molecule has 1 heterocycles. The highest BCUT2D eigenvalue weighted by Crippen LogP contribution is 2.19. The van der Waals surface area contributed by atoms with Gasteiger partial charge < -0.3 is 10.2 Å². The Morgan fingerprint density at radius 1 is 1.33 bits per heavy atom. The summed E-state index contributed by atoms with van der Waals surface area (Å²) < 4.78 is 0. The fraction of sp³-hybridized carbons (Fsp3) is 0.375. The number of nitrogens with zero attached hydrogens (tertiary/aromatic N) is 2. The standard InChI is InChI=1S/C16H21N3OS/c1-4-14(16-17-9-10-21-16)18-15(20)11-12-5-7-13(8-6-12)19(2)3/h5-10,14H,4,11H2,1-3H3,(H,18,20)/t14-/m1/s1. The molecule has 0 bridgehead atoms. The van der Waals surface area contributed by atoms with E-state index in [-0.39, 0.29) is 11.9 Å². The van der Waals surface area contributed by atoms with E-state index in [2.05, 4.69) is 17.2 Å². The minimum absolute atomic E-state index is 0.0125. The lowest BCUT2D eigenvalue weighted by Gasteiger charge is -2.15. The van der Waals surface area contributed by atoms with Crippen LogP contribution in [0.25, 0.3) is 0 Å². The molecule has 1 aromatic carbocycles. The normalized spacial score (nSPS) is 12.0. The van der Waals surface area contributed by atoms with Gasteiger partial charge in [0.05, 0.1) is 12.5 Å². The van der Waals surface area contributed by atoms with Gasteiger partial charge in [-0.2, -0.15) is 0 Å². The molecule has 0 unspecified atom stereocenters. The van der Waals surface area contributed by atoms with Crippen molar-refractivity contribution in [2.45, 2.75) is 25.8 Å². The summed E-state index contributed by atoms with van der Waals surface area (Å²) in [4.78, 5) is 18.5. The second-order valence-corrected chi connectivity index (χ2v) is 6.06. The van der Waals surface area contributed by atoms with Gasteiger partial charge in [0.2, 0.25) is 5.91 Å². The third kappa shape index (κ3) is 4.29. The number of hydrogen-bond acceptors (Lipinski definition) is 4. The Labute approximate surface area is 129 Å². The molecule has 0 fully saturated rings. The first-order valence-electron chi connectivity index (χ1n) is 7.05. The lowest BCUT2D eigenvalue weighted by Crippen LogP contribution is -2.29. The monoisotopic (exact) mass is 303 g/mol. The molecule has 0 saturated carbocycles. The van der Waals surface area contributed by atoms with E-state index in [1.807, 2.05) is 48.6 Å². The summed E-state index contributed by atoms with van der Waals surface area (Å²) in [6, 6.07) is 8.07. The van der Waals surface area contributed by atoms with Gasteiger partial charge in [-0.3, -0.25) is 4.79 Å². The molecule has 1 atom stereocenters. The largest absolute Gasteiger partial charge is 0.378 e. The summed E-state index contributed by atoms with van der Waals surface area (Å²) in [7, 11) is 4.00. The highest BCUT2D eigenvalue weighted by atomic mass is 32.1. The van der Waals surface area contributed by atoms with Gasteiger partial charge in [0.1, 0.15) is 5.01 Å². The van der Waals surface area contributed by atoms with E-state index in [1.54, 1.807) is 17.5 Å². The summed E-state index contributed by atoms with van der Waals surface area (Å²) in [6.45, 7) is 2.05. The van der Waals surface area contributed by atoms with Gasteiger partial charge in [-0.25, -0.2) is 4.98 Å². The summed E-state index contributed by atoms with van der Waals surface area (Å²) in [6.07, 6.45) is 3.02. The Morgan fingerprint density at radius 2 is 2.05 bits per heavy atom. The van der Waals surface area contributed by atoms with Gasteiger partial charge in [-0.1, -0.05) is 19.1 Å². The molecule has 0 aliphatic heterocycles. The van der Waals surface area contributed by atoms with Crippen molar-refractivity contribution in [2.75, 3.05) is 19.0 Å². The van der Waals surface area contributed by atoms with Crippen LogP contribution in [0.15, 0.2) is 35.8 Å². The van der Waals surface area contributed by atoms with E-state index < -0.39 is 0 Å². The van der Waals surface area contributed by atoms with Gasteiger partial charge in [0, 0.05) is 31.4 Å². The maximum absolute atomic E-state index is 12.2. The van der Waals surface area contributed by atoms with Gasteiger partial charge in [0.15, 0.2) is 0 Å². The molecular formula is C16H21N3OS. The second kappa shape index (κ2) is 7.22. The lowest BCUT2D eigenvalue weighted by atomic mass is 10.1. The number of anilines is 1. The third-order valence-electron chi connectivity index (χ3n) is 3.31. The molecule has 0 radical (unpaired) electrons. The third-order valence-corrected chi connectivity index (χ3v) is 4.20. The van der Waals surface area contributed by atoms with Crippen molar-refractivity contribution in [2.24, 2.45) is 0 Å². The van der Waals surface area contributed by atoms with Crippen LogP contribution in [0.1, 0.15) is 30.0 Å². The van der Waals surface area contributed by atoms with Crippen LogP contribution in [-0.4, -0.2) is 25.0 Å². The summed E-state index contributed by atoms with van der Waals surface area (Å²) in [5.74, 6) is 0.0367. The molecule has 0 spiro atoms. The molecule has 0 aliphatic rings. The van der Waals surface area contributed by atoms with Crippen molar-refractivity contribution >= 4 is 22.9 Å².